The zero-order valence-electron chi connectivity index (χ0n) is 33.8. The Hall–Kier alpha value is -1.83. The Morgan fingerprint density at radius 3 is 0.873 bits per heavy atom. The second-order valence-corrected chi connectivity index (χ2v) is 12.4. The number of aliphatic carboxylic acids is 1. The molecule has 0 heterocycles. The SMILES string of the molecule is CCCCCCCCCCCCOCCOCCOCCOCCOCCOCCOCCOCCOCCOCCOCCOC(=O)CCC(=O)C(=O)O. The van der Waals surface area contributed by atoms with Gasteiger partial charge in [0, 0.05) is 13.0 Å². The number of Topliss-reactive ketones (excluding diaryl/α,β-unsaturated/α-hetero) is 1. The topological polar surface area (TPSA) is 182 Å². The number of carboxylic acid groups (broad SMARTS) is 1. The van der Waals surface area contributed by atoms with Crippen molar-refractivity contribution < 1.29 is 76.3 Å². The Bertz CT molecular complexity index is 819. The summed E-state index contributed by atoms with van der Waals surface area (Å²) in [6.45, 7) is 12.9. The highest BCUT2D eigenvalue weighted by atomic mass is 16.6. The van der Waals surface area contributed by atoms with Crippen LogP contribution in [0.1, 0.15) is 84.0 Å². The molecule has 0 aromatic rings. The number of esters is 1. The summed E-state index contributed by atoms with van der Waals surface area (Å²) in [4.78, 5) is 32.7. The lowest BCUT2D eigenvalue weighted by Crippen LogP contribution is -2.17. The van der Waals surface area contributed by atoms with Crippen molar-refractivity contribution in [2.24, 2.45) is 0 Å². The van der Waals surface area contributed by atoms with Gasteiger partial charge in [-0.1, -0.05) is 64.7 Å². The van der Waals surface area contributed by atoms with Crippen LogP contribution in [0.3, 0.4) is 0 Å². The van der Waals surface area contributed by atoms with Crippen LogP contribution >= 0.6 is 0 Å². The Balaban J connectivity index is 3.11. The quantitative estimate of drug-likeness (QED) is 0.0528. The highest BCUT2D eigenvalue weighted by molar-refractivity contribution is 6.32. The highest BCUT2D eigenvalue weighted by Crippen LogP contribution is 2.10. The molecule has 326 valence electrons. The van der Waals surface area contributed by atoms with Gasteiger partial charge >= 0.3 is 11.9 Å². The first-order valence-corrected chi connectivity index (χ1v) is 20.3. The second-order valence-electron chi connectivity index (χ2n) is 12.4. The molecular formula is C39H74O16. The maximum Gasteiger partial charge on any atom is 0.372 e. The smallest absolute Gasteiger partial charge is 0.372 e. The molecule has 0 aromatic heterocycles. The summed E-state index contributed by atoms with van der Waals surface area (Å²) in [6.07, 6.45) is 12.7. The zero-order valence-corrected chi connectivity index (χ0v) is 33.8. The highest BCUT2D eigenvalue weighted by Gasteiger charge is 2.14. The van der Waals surface area contributed by atoms with E-state index in [1.165, 1.54) is 57.8 Å². The summed E-state index contributed by atoms with van der Waals surface area (Å²) in [5, 5.41) is 8.46. The molecule has 0 aliphatic rings. The molecule has 0 saturated carbocycles. The van der Waals surface area contributed by atoms with Crippen LogP contribution < -0.4 is 0 Å². The van der Waals surface area contributed by atoms with Crippen LogP contribution in [0.5, 0.6) is 0 Å². The Kier molecular flexibility index (Phi) is 45.0. The van der Waals surface area contributed by atoms with Crippen molar-refractivity contribution in [1.29, 1.82) is 0 Å². The minimum absolute atomic E-state index is 0.0147. The van der Waals surface area contributed by atoms with E-state index in [0.29, 0.717) is 132 Å². The molecule has 0 amide bonds. The summed E-state index contributed by atoms with van der Waals surface area (Å²) < 4.78 is 65.0. The van der Waals surface area contributed by atoms with Gasteiger partial charge in [0.1, 0.15) is 6.61 Å². The zero-order chi connectivity index (χ0) is 40.0. The van der Waals surface area contributed by atoms with Crippen LogP contribution in [-0.4, -0.2) is 175 Å². The van der Waals surface area contributed by atoms with Crippen LogP contribution in [-0.2, 0) is 71.2 Å². The van der Waals surface area contributed by atoms with Crippen molar-refractivity contribution in [3.8, 4) is 0 Å². The number of carbonyl (C=O) groups excluding carboxylic acids is 2. The Labute approximate surface area is 329 Å². The van der Waals surface area contributed by atoms with Crippen LogP contribution in [0.15, 0.2) is 0 Å². The van der Waals surface area contributed by atoms with Crippen LogP contribution in [0.2, 0.25) is 0 Å². The molecule has 0 aliphatic heterocycles. The fourth-order valence-corrected chi connectivity index (χ4v) is 4.60. The first-order valence-electron chi connectivity index (χ1n) is 20.3. The average Bonchev–Trinajstić information content (AvgIpc) is 3.18. The van der Waals surface area contributed by atoms with Gasteiger partial charge < -0.3 is 61.9 Å². The number of ketones is 1. The number of hydrogen-bond acceptors (Lipinski definition) is 15. The minimum atomic E-state index is -1.56. The largest absolute Gasteiger partial charge is 0.476 e. The van der Waals surface area contributed by atoms with Crippen molar-refractivity contribution in [3.63, 3.8) is 0 Å². The number of rotatable bonds is 48. The molecule has 0 spiro atoms. The molecule has 0 fully saturated rings. The monoisotopic (exact) mass is 798 g/mol. The number of hydrogen-bond donors (Lipinski definition) is 1. The summed E-state index contributed by atoms with van der Waals surface area (Å²) in [7, 11) is 0. The lowest BCUT2D eigenvalue weighted by molar-refractivity contribution is -0.151. The first-order chi connectivity index (χ1) is 27.1. The molecule has 0 aromatic carbocycles. The second kappa shape index (κ2) is 46.6. The molecule has 16 heteroatoms. The van der Waals surface area contributed by atoms with E-state index in [4.69, 9.17) is 61.9 Å². The van der Waals surface area contributed by atoms with Crippen LogP contribution in [0.4, 0.5) is 0 Å². The molecule has 0 atom stereocenters. The Morgan fingerprint density at radius 2 is 0.582 bits per heavy atom. The molecule has 1 N–H and O–H groups in total. The molecule has 55 heavy (non-hydrogen) atoms. The molecule has 0 aliphatic carbocycles. The van der Waals surface area contributed by atoms with Crippen molar-refractivity contribution >= 4 is 17.7 Å². The van der Waals surface area contributed by atoms with Gasteiger partial charge in [-0.25, -0.2) is 4.79 Å². The van der Waals surface area contributed by atoms with Crippen molar-refractivity contribution in [1.82, 2.24) is 0 Å². The van der Waals surface area contributed by atoms with Gasteiger partial charge in [0.05, 0.1) is 145 Å². The molecule has 0 unspecified atom stereocenters. The maximum atomic E-state index is 11.4. The van der Waals surface area contributed by atoms with E-state index < -0.39 is 17.7 Å². The molecule has 0 saturated heterocycles. The molecule has 16 nitrogen and oxygen atoms in total. The van der Waals surface area contributed by atoms with E-state index in [0.717, 1.165) is 13.0 Å². The van der Waals surface area contributed by atoms with Gasteiger partial charge in [-0.3, -0.25) is 9.59 Å². The lowest BCUT2D eigenvalue weighted by Gasteiger charge is -2.09. The third kappa shape index (κ3) is 46.4. The fourth-order valence-electron chi connectivity index (χ4n) is 4.60. The summed E-state index contributed by atoms with van der Waals surface area (Å²) in [5.74, 6) is -3.23. The van der Waals surface area contributed by atoms with Crippen molar-refractivity contribution in [2.45, 2.75) is 84.0 Å². The number of carbonyl (C=O) groups is 3. The molecule has 0 bridgehead atoms. The standard InChI is InChI=1S/C39H74O16/c1-2-3-4-5-6-7-8-9-10-11-14-44-15-16-45-17-18-46-19-20-47-21-22-48-23-24-49-25-26-50-27-28-51-29-30-52-31-32-53-33-34-54-35-36-55-38(41)13-12-37(40)39(42)43/h2-36H2,1H3,(H,42,43). The van der Waals surface area contributed by atoms with E-state index in [9.17, 15) is 14.4 Å². The van der Waals surface area contributed by atoms with Gasteiger partial charge in [-0.15, -0.1) is 0 Å². The van der Waals surface area contributed by atoms with E-state index in [-0.39, 0.29) is 26.1 Å². The third-order valence-electron chi connectivity index (χ3n) is 7.65. The maximum absolute atomic E-state index is 11.4. The third-order valence-corrected chi connectivity index (χ3v) is 7.65. The fraction of sp³-hybridized carbons (Fsp3) is 0.923. The van der Waals surface area contributed by atoms with Gasteiger partial charge in [-0.2, -0.15) is 0 Å². The predicted molar refractivity (Wildman–Crippen MR) is 204 cm³/mol. The van der Waals surface area contributed by atoms with E-state index in [1.807, 2.05) is 0 Å². The van der Waals surface area contributed by atoms with Gasteiger partial charge in [0.2, 0.25) is 5.78 Å². The van der Waals surface area contributed by atoms with Crippen LogP contribution in [0, 0.1) is 0 Å². The number of ether oxygens (including phenoxy) is 12. The predicted octanol–water partition coefficient (Wildman–Crippen LogP) is 4.07. The van der Waals surface area contributed by atoms with E-state index in [2.05, 4.69) is 6.92 Å². The minimum Gasteiger partial charge on any atom is -0.476 e. The normalized spacial score (nSPS) is 11.4. The van der Waals surface area contributed by atoms with E-state index >= 15 is 0 Å². The molecule has 0 radical (unpaired) electrons. The van der Waals surface area contributed by atoms with Crippen molar-refractivity contribution in [3.05, 3.63) is 0 Å². The number of carboxylic acids is 1. The first kappa shape index (κ1) is 53.2. The molecular weight excluding hydrogens is 724 g/mol. The van der Waals surface area contributed by atoms with Crippen LogP contribution in [0.25, 0.3) is 0 Å². The Morgan fingerprint density at radius 1 is 0.327 bits per heavy atom. The summed E-state index contributed by atoms with van der Waals surface area (Å²) >= 11 is 0. The van der Waals surface area contributed by atoms with Crippen molar-refractivity contribution in [2.75, 3.05) is 152 Å². The van der Waals surface area contributed by atoms with Gasteiger partial charge in [0.15, 0.2) is 0 Å². The number of unbranched alkanes of at least 4 members (excludes halogenated alkanes) is 9. The average molecular weight is 799 g/mol. The summed E-state index contributed by atoms with van der Waals surface area (Å²) in [6, 6.07) is 0. The molecule has 0 rings (SSSR count). The lowest BCUT2D eigenvalue weighted by atomic mass is 10.1. The van der Waals surface area contributed by atoms with Gasteiger partial charge in [0.25, 0.3) is 0 Å². The summed E-state index contributed by atoms with van der Waals surface area (Å²) in [5.41, 5.74) is 0. The van der Waals surface area contributed by atoms with Gasteiger partial charge in [-0.05, 0) is 6.42 Å². The van der Waals surface area contributed by atoms with E-state index in [1.54, 1.807) is 0 Å².